The Morgan fingerprint density at radius 2 is 1.22 bits per heavy atom. The quantitative estimate of drug-likeness (QED) is 0.149. The summed E-state index contributed by atoms with van der Waals surface area (Å²) in [7, 11) is 0. The van der Waals surface area contributed by atoms with Gasteiger partial charge in [-0.3, -0.25) is 9.59 Å². The van der Waals surface area contributed by atoms with Crippen molar-refractivity contribution in [1.29, 1.82) is 0 Å². The Kier molecular flexibility index (Phi) is 9.08. The molecule has 0 radical (unpaired) electrons. The van der Waals surface area contributed by atoms with Crippen molar-refractivity contribution in [2.24, 2.45) is 0 Å². The molecular weight excluding hydrogens is 578 g/mol. The van der Waals surface area contributed by atoms with Crippen LogP contribution in [0.3, 0.4) is 0 Å². The predicted molar refractivity (Wildman–Crippen MR) is 168 cm³/mol. The molecular formula is C34H28BrN3O3. The van der Waals surface area contributed by atoms with Gasteiger partial charge in [-0.1, -0.05) is 76.6 Å². The third-order valence-electron chi connectivity index (χ3n) is 6.30. The van der Waals surface area contributed by atoms with Crippen LogP contribution in [0, 0.1) is 0 Å². The average Bonchev–Trinajstić information content (AvgIpc) is 3.00. The lowest BCUT2D eigenvalue weighted by atomic mass is 10.1. The summed E-state index contributed by atoms with van der Waals surface area (Å²) in [6.07, 6.45) is 0.713. The topological polar surface area (TPSA) is 79.5 Å². The van der Waals surface area contributed by atoms with Crippen LogP contribution < -0.4 is 20.7 Å². The number of ether oxygens (including phenoxy) is 1. The van der Waals surface area contributed by atoms with E-state index < -0.39 is 0 Å². The Morgan fingerprint density at radius 1 is 0.610 bits per heavy atom. The summed E-state index contributed by atoms with van der Waals surface area (Å²) >= 11 is 3.45. The summed E-state index contributed by atoms with van der Waals surface area (Å²) in [5.41, 5.74) is 4.76. The van der Waals surface area contributed by atoms with E-state index in [0.29, 0.717) is 41.3 Å². The highest BCUT2D eigenvalue weighted by Crippen LogP contribution is 2.26. The zero-order valence-electron chi connectivity index (χ0n) is 22.1. The maximum Gasteiger partial charge on any atom is 0.259 e. The maximum absolute atomic E-state index is 13.4. The van der Waals surface area contributed by atoms with E-state index in [-0.39, 0.29) is 11.8 Å². The number of benzene rings is 5. The van der Waals surface area contributed by atoms with Crippen LogP contribution in [0.2, 0.25) is 0 Å². The number of hydrogen-bond donors (Lipinski definition) is 3. The molecule has 0 aliphatic heterocycles. The zero-order valence-corrected chi connectivity index (χ0v) is 23.7. The van der Waals surface area contributed by atoms with Crippen molar-refractivity contribution in [2.45, 2.75) is 6.42 Å². The zero-order chi connectivity index (χ0) is 28.4. The molecule has 0 unspecified atom stereocenters. The molecule has 0 fully saturated rings. The Balaban J connectivity index is 1.26. The molecule has 0 heterocycles. The number of hydrogen-bond acceptors (Lipinski definition) is 4. The number of nitrogens with one attached hydrogen (secondary N) is 3. The number of anilines is 4. The summed E-state index contributed by atoms with van der Waals surface area (Å²) in [5.74, 6) is -0.247. The van der Waals surface area contributed by atoms with Crippen molar-refractivity contribution in [3.05, 3.63) is 149 Å². The van der Waals surface area contributed by atoms with Crippen LogP contribution in [0.5, 0.6) is 5.75 Å². The molecule has 3 N–H and O–H groups in total. The number of rotatable bonds is 10. The molecule has 0 bridgehead atoms. The van der Waals surface area contributed by atoms with E-state index in [4.69, 9.17) is 4.74 Å². The van der Waals surface area contributed by atoms with Crippen molar-refractivity contribution < 1.29 is 14.3 Å². The van der Waals surface area contributed by atoms with Crippen LogP contribution in [0.4, 0.5) is 22.7 Å². The van der Waals surface area contributed by atoms with E-state index in [1.165, 1.54) is 0 Å². The highest BCUT2D eigenvalue weighted by molar-refractivity contribution is 9.10. The van der Waals surface area contributed by atoms with E-state index >= 15 is 0 Å². The second-order valence-corrected chi connectivity index (χ2v) is 10.2. The summed E-state index contributed by atoms with van der Waals surface area (Å²) < 4.78 is 6.74. The molecule has 0 aliphatic rings. The van der Waals surface area contributed by atoms with Crippen LogP contribution in [-0.4, -0.2) is 18.4 Å². The van der Waals surface area contributed by atoms with Gasteiger partial charge in [-0.05, 0) is 72.3 Å². The standard InChI is InChI=1S/C34H28BrN3O3/c35-25-15-20-32(41-22-21-24-9-3-1-4-10-24)30(23-25)34(40)38-31-14-8-7-13-29(31)33(39)37-28-18-16-27(17-19-28)36-26-11-5-2-6-12-26/h1-20,23,36H,21-22H2,(H,37,39)(H,38,40). The summed E-state index contributed by atoms with van der Waals surface area (Å²) in [5, 5.41) is 9.13. The highest BCUT2D eigenvalue weighted by Gasteiger charge is 2.18. The molecule has 0 aromatic heterocycles. The van der Waals surface area contributed by atoms with Crippen LogP contribution in [-0.2, 0) is 6.42 Å². The highest BCUT2D eigenvalue weighted by atomic mass is 79.9. The summed E-state index contributed by atoms with van der Waals surface area (Å²) in [6.45, 7) is 0.421. The number of amides is 2. The summed E-state index contributed by atoms with van der Waals surface area (Å²) in [6, 6.07) is 39.5. The lowest BCUT2D eigenvalue weighted by Crippen LogP contribution is -2.19. The molecule has 204 valence electrons. The minimum atomic E-state index is -0.377. The lowest BCUT2D eigenvalue weighted by Gasteiger charge is -2.15. The first-order chi connectivity index (χ1) is 20.0. The minimum Gasteiger partial charge on any atom is -0.492 e. The van der Waals surface area contributed by atoms with Gasteiger partial charge in [0.25, 0.3) is 11.8 Å². The van der Waals surface area contributed by atoms with E-state index in [0.717, 1.165) is 21.4 Å². The van der Waals surface area contributed by atoms with Crippen LogP contribution >= 0.6 is 15.9 Å². The Morgan fingerprint density at radius 3 is 1.98 bits per heavy atom. The van der Waals surface area contributed by atoms with Crippen LogP contribution in [0.15, 0.2) is 132 Å². The Hall–Kier alpha value is -4.88. The first-order valence-electron chi connectivity index (χ1n) is 13.2. The molecule has 2 amide bonds. The van der Waals surface area contributed by atoms with Crippen LogP contribution in [0.1, 0.15) is 26.3 Å². The van der Waals surface area contributed by atoms with Gasteiger partial charge in [0.2, 0.25) is 0 Å². The summed E-state index contributed by atoms with van der Waals surface area (Å²) in [4.78, 5) is 26.6. The average molecular weight is 607 g/mol. The SMILES string of the molecule is O=C(Nc1ccc(Nc2ccccc2)cc1)c1ccccc1NC(=O)c1cc(Br)ccc1OCCc1ccccc1. The molecule has 0 atom stereocenters. The fraction of sp³-hybridized carbons (Fsp3) is 0.0588. The third-order valence-corrected chi connectivity index (χ3v) is 6.80. The smallest absolute Gasteiger partial charge is 0.259 e. The van der Waals surface area contributed by atoms with Gasteiger partial charge >= 0.3 is 0 Å². The molecule has 0 aliphatic carbocycles. The molecule has 0 saturated heterocycles. The van der Waals surface area contributed by atoms with Gasteiger partial charge in [0.1, 0.15) is 5.75 Å². The monoisotopic (exact) mass is 605 g/mol. The predicted octanol–water partition coefficient (Wildman–Crippen LogP) is 8.32. The second-order valence-electron chi connectivity index (χ2n) is 9.25. The second kappa shape index (κ2) is 13.5. The number of carbonyl (C=O) groups is 2. The normalized spacial score (nSPS) is 10.5. The van der Waals surface area contributed by atoms with E-state index in [2.05, 4.69) is 31.9 Å². The number of halogens is 1. The van der Waals surface area contributed by atoms with Gasteiger partial charge in [-0.25, -0.2) is 0 Å². The lowest BCUT2D eigenvalue weighted by molar-refractivity contribution is 0.102. The maximum atomic E-state index is 13.4. The Labute approximate surface area is 247 Å². The molecule has 0 saturated carbocycles. The van der Waals surface area contributed by atoms with E-state index in [1.807, 2.05) is 91.0 Å². The van der Waals surface area contributed by atoms with Gasteiger partial charge in [0.05, 0.1) is 23.4 Å². The number of carbonyl (C=O) groups excluding carboxylic acids is 2. The molecule has 7 heteroatoms. The molecule has 6 nitrogen and oxygen atoms in total. The fourth-order valence-electron chi connectivity index (χ4n) is 4.23. The molecule has 5 aromatic rings. The minimum absolute atomic E-state index is 0.335. The van der Waals surface area contributed by atoms with Gasteiger partial charge in [0.15, 0.2) is 0 Å². The van der Waals surface area contributed by atoms with Crippen molar-refractivity contribution >= 4 is 50.5 Å². The van der Waals surface area contributed by atoms with Crippen molar-refractivity contribution in [3.8, 4) is 5.75 Å². The molecule has 5 aromatic carbocycles. The van der Waals surface area contributed by atoms with Crippen molar-refractivity contribution in [2.75, 3.05) is 22.6 Å². The molecule has 0 spiro atoms. The van der Waals surface area contributed by atoms with Crippen molar-refractivity contribution in [3.63, 3.8) is 0 Å². The van der Waals surface area contributed by atoms with Gasteiger partial charge < -0.3 is 20.7 Å². The molecule has 41 heavy (non-hydrogen) atoms. The first kappa shape index (κ1) is 27.7. The Bertz CT molecular complexity index is 1630. The fourth-order valence-corrected chi connectivity index (χ4v) is 4.59. The third kappa shape index (κ3) is 7.62. The first-order valence-corrected chi connectivity index (χ1v) is 13.9. The van der Waals surface area contributed by atoms with E-state index in [1.54, 1.807) is 36.4 Å². The van der Waals surface area contributed by atoms with Crippen LogP contribution in [0.25, 0.3) is 0 Å². The van der Waals surface area contributed by atoms with E-state index in [9.17, 15) is 9.59 Å². The van der Waals surface area contributed by atoms with Gasteiger partial charge in [0, 0.05) is 28.0 Å². The largest absolute Gasteiger partial charge is 0.492 e. The molecule has 5 rings (SSSR count). The van der Waals surface area contributed by atoms with Gasteiger partial charge in [-0.2, -0.15) is 0 Å². The number of para-hydroxylation sites is 2. The van der Waals surface area contributed by atoms with Crippen molar-refractivity contribution in [1.82, 2.24) is 0 Å². The van der Waals surface area contributed by atoms with Gasteiger partial charge in [-0.15, -0.1) is 0 Å².